The summed E-state index contributed by atoms with van der Waals surface area (Å²) in [4.78, 5) is 10.0. The number of nitrogens with zero attached hydrogens (tertiary/aromatic N) is 6. The molecule has 0 fully saturated rings. The summed E-state index contributed by atoms with van der Waals surface area (Å²) < 4.78 is 0. The van der Waals surface area contributed by atoms with E-state index in [1.54, 1.807) is 19.4 Å². The van der Waals surface area contributed by atoms with Crippen molar-refractivity contribution in [3.63, 3.8) is 0 Å². The highest BCUT2D eigenvalue weighted by Gasteiger charge is 2.06. The lowest BCUT2D eigenvalue weighted by Crippen LogP contribution is -1.93. The molecule has 6 heteroatoms. The van der Waals surface area contributed by atoms with Crippen molar-refractivity contribution in [2.24, 2.45) is 7.05 Å². The summed E-state index contributed by atoms with van der Waals surface area (Å²) >= 11 is 0. The maximum Gasteiger partial charge on any atom is 0.208 e. The van der Waals surface area contributed by atoms with E-state index in [9.17, 15) is 0 Å². The molecule has 0 saturated heterocycles. The third kappa shape index (κ3) is 1.95. The second kappa shape index (κ2) is 4.33. The Bertz CT molecular complexity index is 644. The molecule has 0 N–H and O–H groups in total. The van der Waals surface area contributed by atoms with Crippen molar-refractivity contribution >= 4 is 0 Å². The summed E-state index contributed by atoms with van der Waals surface area (Å²) in [6, 6.07) is 9.81. The molecule has 2 heterocycles. The lowest BCUT2D eigenvalue weighted by molar-refractivity contribution is 0.630. The van der Waals surface area contributed by atoms with E-state index in [0.29, 0.717) is 11.6 Å². The van der Waals surface area contributed by atoms with Gasteiger partial charge in [-0.2, -0.15) is 4.80 Å². The van der Waals surface area contributed by atoms with Crippen molar-refractivity contribution in [2.45, 2.75) is 0 Å². The normalized spacial score (nSPS) is 10.5. The molecular weight excluding hydrogens is 228 g/mol. The van der Waals surface area contributed by atoms with Crippen LogP contribution in [0, 0.1) is 0 Å². The Balaban J connectivity index is 1.94. The minimum absolute atomic E-state index is 0.525. The van der Waals surface area contributed by atoms with Gasteiger partial charge in [0, 0.05) is 18.0 Å². The van der Waals surface area contributed by atoms with Crippen LogP contribution < -0.4 is 0 Å². The number of hydrogen-bond donors (Lipinski definition) is 0. The van der Waals surface area contributed by atoms with Gasteiger partial charge in [0.05, 0.1) is 12.6 Å². The van der Waals surface area contributed by atoms with Crippen LogP contribution in [-0.4, -0.2) is 30.2 Å². The van der Waals surface area contributed by atoms with Crippen LogP contribution in [0.4, 0.5) is 0 Å². The van der Waals surface area contributed by atoms with Gasteiger partial charge in [-0.3, -0.25) is 0 Å². The summed E-state index contributed by atoms with van der Waals surface area (Å²) in [5, 5.41) is 11.8. The fourth-order valence-electron chi connectivity index (χ4n) is 1.58. The van der Waals surface area contributed by atoms with Crippen molar-refractivity contribution in [1.82, 2.24) is 30.2 Å². The van der Waals surface area contributed by atoms with Gasteiger partial charge in [0.15, 0.2) is 5.82 Å². The van der Waals surface area contributed by atoms with Gasteiger partial charge in [0.1, 0.15) is 0 Å². The van der Waals surface area contributed by atoms with Gasteiger partial charge in [-0.25, -0.2) is 9.97 Å². The molecule has 6 nitrogen and oxygen atoms in total. The Morgan fingerprint density at radius 1 is 0.889 bits per heavy atom. The first-order chi connectivity index (χ1) is 8.83. The number of aromatic nitrogens is 6. The average Bonchev–Trinajstić information content (AvgIpc) is 2.87. The molecular formula is C12H10N6. The molecule has 2 aromatic heterocycles. The summed E-state index contributed by atoms with van der Waals surface area (Å²) in [5.74, 6) is 1.21. The highest BCUT2D eigenvalue weighted by atomic mass is 15.6. The minimum Gasteiger partial charge on any atom is -0.236 e. The first-order valence-electron chi connectivity index (χ1n) is 5.45. The summed E-state index contributed by atoms with van der Waals surface area (Å²) in [6.07, 6.45) is 3.40. The van der Waals surface area contributed by atoms with E-state index in [1.165, 1.54) is 4.80 Å². The molecule has 0 radical (unpaired) electrons. The van der Waals surface area contributed by atoms with Crippen molar-refractivity contribution in [2.75, 3.05) is 0 Å². The average molecular weight is 238 g/mol. The molecule has 0 atom stereocenters. The Morgan fingerprint density at radius 3 is 2.22 bits per heavy atom. The minimum atomic E-state index is 0.525. The molecule has 0 bridgehead atoms. The third-order valence-electron chi connectivity index (χ3n) is 2.45. The molecule has 0 unspecified atom stereocenters. The highest BCUT2D eigenvalue weighted by Crippen LogP contribution is 2.16. The quantitative estimate of drug-likeness (QED) is 0.673. The van der Waals surface area contributed by atoms with Crippen LogP contribution in [0.1, 0.15) is 0 Å². The zero-order chi connectivity index (χ0) is 12.4. The van der Waals surface area contributed by atoms with E-state index in [1.807, 2.05) is 30.3 Å². The van der Waals surface area contributed by atoms with Gasteiger partial charge in [0.2, 0.25) is 5.82 Å². The number of tetrazole rings is 1. The van der Waals surface area contributed by atoms with E-state index < -0.39 is 0 Å². The van der Waals surface area contributed by atoms with Crippen LogP contribution in [0.5, 0.6) is 0 Å². The van der Waals surface area contributed by atoms with E-state index in [2.05, 4.69) is 25.4 Å². The van der Waals surface area contributed by atoms with Crippen LogP contribution in [0.15, 0.2) is 42.7 Å². The van der Waals surface area contributed by atoms with Crippen LogP contribution in [0.3, 0.4) is 0 Å². The molecule has 0 spiro atoms. The number of benzene rings is 1. The second-order valence-electron chi connectivity index (χ2n) is 3.76. The van der Waals surface area contributed by atoms with Crippen LogP contribution in [0.25, 0.3) is 22.8 Å². The highest BCUT2D eigenvalue weighted by molar-refractivity contribution is 5.57. The van der Waals surface area contributed by atoms with Crippen molar-refractivity contribution in [1.29, 1.82) is 0 Å². The van der Waals surface area contributed by atoms with Crippen LogP contribution in [0.2, 0.25) is 0 Å². The lowest BCUT2D eigenvalue weighted by atomic mass is 10.2. The lowest BCUT2D eigenvalue weighted by Gasteiger charge is -1.99. The van der Waals surface area contributed by atoms with Gasteiger partial charge in [-0.15, -0.1) is 10.2 Å². The summed E-state index contributed by atoms with van der Waals surface area (Å²) in [7, 11) is 1.72. The number of rotatable bonds is 2. The SMILES string of the molecule is Cn1nnc(-c2cnc(-c3ccccc3)nc2)n1. The van der Waals surface area contributed by atoms with Gasteiger partial charge >= 0.3 is 0 Å². The standard InChI is InChI=1S/C12H10N6/c1-18-16-12(15-17-18)10-7-13-11(14-8-10)9-5-3-2-4-6-9/h2-8H,1H3. The zero-order valence-electron chi connectivity index (χ0n) is 9.72. The summed E-state index contributed by atoms with van der Waals surface area (Å²) in [5.41, 5.74) is 1.74. The number of hydrogen-bond acceptors (Lipinski definition) is 5. The van der Waals surface area contributed by atoms with E-state index in [0.717, 1.165) is 11.1 Å². The molecule has 88 valence electrons. The molecule has 0 aliphatic heterocycles. The number of aryl methyl sites for hydroxylation is 1. The van der Waals surface area contributed by atoms with E-state index >= 15 is 0 Å². The topological polar surface area (TPSA) is 69.4 Å². The van der Waals surface area contributed by atoms with Crippen molar-refractivity contribution in [3.8, 4) is 22.8 Å². The second-order valence-corrected chi connectivity index (χ2v) is 3.76. The molecule has 3 aromatic rings. The predicted molar refractivity (Wildman–Crippen MR) is 65.3 cm³/mol. The molecule has 1 aromatic carbocycles. The molecule has 18 heavy (non-hydrogen) atoms. The van der Waals surface area contributed by atoms with Crippen molar-refractivity contribution in [3.05, 3.63) is 42.7 Å². The molecule has 0 saturated carbocycles. The van der Waals surface area contributed by atoms with E-state index in [-0.39, 0.29) is 0 Å². The van der Waals surface area contributed by atoms with Crippen LogP contribution >= 0.6 is 0 Å². The van der Waals surface area contributed by atoms with Gasteiger partial charge in [-0.1, -0.05) is 30.3 Å². The van der Waals surface area contributed by atoms with Crippen molar-refractivity contribution < 1.29 is 0 Å². The Labute approximate surface area is 103 Å². The maximum absolute atomic E-state index is 4.31. The zero-order valence-corrected chi connectivity index (χ0v) is 9.72. The largest absolute Gasteiger partial charge is 0.236 e. The molecule has 0 aliphatic rings. The Hall–Kier alpha value is -2.63. The summed E-state index contributed by atoms with van der Waals surface area (Å²) in [6.45, 7) is 0. The molecule has 0 aliphatic carbocycles. The Morgan fingerprint density at radius 2 is 1.61 bits per heavy atom. The fraction of sp³-hybridized carbons (Fsp3) is 0.0833. The van der Waals surface area contributed by atoms with Crippen LogP contribution in [-0.2, 0) is 7.05 Å². The molecule has 3 rings (SSSR count). The first-order valence-corrected chi connectivity index (χ1v) is 5.45. The van der Waals surface area contributed by atoms with Gasteiger partial charge in [-0.05, 0) is 5.21 Å². The van der Waals surface area contributed by atoms with Gasteiger partial charge in [0.25, 0.3) is 0 Å². The first kappa shape index (κ1) is 10.5. The van der Waals surface area contributed by atoms with E-state index in [4.69, 9.17) is 0 Å². The monoisotopic (exact) mass is 238 g/mol. The Kier molecular flexibility index (Phi) is 2.53. The predicted octanol–water partition coefficient (Wildman–Crippen LogP) is 1.33. The van der Waals surface area contributed by atoms with Gasteiger partial charge < -0.3 is 0 Å². The molecule has 0 amide bonds. The fourth-order valence-corrected chi connectivity index (χ4v) is 1.58. The third-order valence-corrected chi connectivity index (χ3v) is 2.45. The maximum atomic E-state index is 4.31. The smallest absolute Gasteiger partial charge is 0.208 e.